The molecule has 0 saturated heterocycles. The predicted molar refractivity (Wildman–Crippen MR) is 130 cm³/mol. The highest BCUT2D eigenvalue weighted by Crippen LogP contribution is 2.13. The summed E-state index contributed by atoms with van der Waals surface area (Å²) >= 11 is 0. The van der Waals surface area contributed by atoms with Gasteiger partial charge < -0.3 is 9.84 Å². The van der Waals surface area contributed by atoms with Crippen molar-refractivity contribution in [2.45, 2.75) is 155 Å². The van der Waals surface area contributed by atoms with Gasteiger partial charge in [-0.3, -0.25) is 0 Å². The second kappa shape index (κ2) is 27.9. The van der Waals surface area contributed by atoms with Crippen LogP contribution in [0.5, 0.6) is 0 Å². The molecule has 0 unspecified atom stereocenters. The minimum atomic E-state index is 0.365. The van der Waals surface area contributed by atoms with Crippen molar-refractivity contribution in [3.05, 3.63) is 0 Å². The first-order valence-electron chi connectivity index (χ1n) is 13.6. The van der Waals surface area contributed by atoms with Gasteiger partial charge >= 0.3 is 0 Å². The molecule has 1 N–H and O–H groups in total. The first-order valence-corrected chi connectivity index (χ1v) is 13.6. The zero-order valence-corrected chi connectivity index (χ0v) is 20.2. The Hall–Kier alpha value is -0.0800. The summed E-state index contributed by atoms with van der Waals surface area (Å²) in [4.78, 5) is 0. The molecule has 0 aliphatic rings. The molecule has 0 rings (SSSR count). The molecule has 0 aromatic rings. The zero-order chi connectivity index (χ0) is 21.1. The Morgan fingerprint density at radius 3 is 0.966 bits per heavy atom. The van der Waals surface area contributed by atoms with Gasteiger partial charge in [0, 0.05) is 19.8 Å². The molecule has 0 amide bonds. The quantitative estimate of drug-likeness (QED) is 0.144. The molecule has 0 radical (unpaired) electrons. The first kappa shape index (κ1) is 28.9. The van der Waals surface area contributed by atoms with Crippen molar-refractivity contribution in [3.8, 4) is 0 Å². The predicted octanol–water partition coefficient (Wildman–Crippen LogP) is 8.99. The van der Waals surface area contributed by atoms with E-state index in [9.17, 15) is 0 Å². The second-order valence-corrected chi connectivity index (χ2v) is 9.11. The first-order chi connectivity index (χ1) is 14.4. The number of unbranched alkanes of at least 4 members (excludes halogenated alkanes) is 21. The van der Waals surface area contributed by atoms with Crippen LogP contribution in [0.1, 0.15) is 155 Å². The third-order valence-electron chi connectivity index (χ3n) is 6.09. The standard InChI is InChI=1S/C27H56O2/c1-2-3-4-5-6-7-11-14-17-20-23-26-29-27-24-21-18-15-12-9-8-10-13-16-19-22-25-28/h28H,2-27H2,1H3. The van der Waals surface area contributed by atoms with E-state index in [1.54, 1.807) is 0 Å². The Bertz CT molecular complexity index is 241. The number of hydrogen-bond acceptors (Lipinski definition) is 2. The monoisotopic (exact) mass is 412 g/mol. The topological polar surface area (TPSA) is 29.5 Å². The zero-order valence-electron chi connectivity index (χ0n) is 20.2. The van der Waals surface area contributed by atoms with Gasteiger partial charge in [-0.05, 0) is 19.3 Å². The second-order valence-electron chi connectivity index (χ2n) is 9.11. The van der Waals surface area contributed by atoms with Gasteiger partial charge in [-0.25, -0.2) is 0 Å². The minimum absolute atomic E-state index is 0.365. The van der Waals surface area contributed by atoms with Gasteiger partial charge in [0.05, 0.1) is 0 Å². The van der Waals surface area contributed by atoms with Crippen LogP contribution in [0.3, 0.4) is 0 Å². The van der Waals surface area contributed by atoms with Gasteiger partial charge in [0.25, 0.3) is 0 Å². The molecule has 0 bridgehead atoms. The Morgan fingerprint density at radius 2 is 0.655 bits per heavy atom. The number of aliphatic hydroxyl groups excluding tert-OH is 1. The summed E-state index contributed by atoms with van der Waals surface area (Å²) in [6.45, 7) is 4.61. The van der Waals surface area contributed by atoms with Crippen LogP contribution in [0.25, 0.3) is 0 Å². The molecule has 2 nitrogen and oxygen atoms in total. The fraction of sp³-hybridized carbons (Fsp3) is 1.00. The van der Waals surface area contributed by atoms with Gasteiger partial charge in [-0.1, -0.05) is 135 Å². The lowest BCUT2D eigenvalue weighted by Crippen LogP contribution is -1.97. The molecular formula is C27H56O2. The van der Waals surface area contributed by atoms with E-state index >= 15 is 0 Å². The summed E-state index contributed by atoms with van der Waals surface area (Å²) in [5, 5.41) is 8.74. The maximum atomic E-state index is 8.74. The highest BCUT2D eigenvalue weighted by molar-refractivity contribution is 4.50. The molecule has 0 heterocycles. The van der Waals surface area contributed by atoms with Crippen molar-refractivity contribution in [2.24, 2.45) is 0 Å². The fourth-order valence-electron chi connectivity index (χ4n) is 4.05. The summed E-state index contributed by atoms with van der Waals surface area (Å²) in [7, 11) is 0. The van der Waals surface area contributed by atoms with Gasteiger partial charge in [0.2, 0.25) is 0 Å². The maximum absolute atomic E-state index is 8.74. The van der Waals surface area contributed by atoms with Crippen LogP contribution < -0.4 is 0 Å². The van der Waals surface area contributed by atoms with Crippen molar-refractivity contribution in [3.63, 3.8) is 0 Å². The third kappa shape index (κ3) is 27.9. The molecule has 0 aromatic carbocycles. The summed E-state index contributed by atoms with van der Waals surface area (Å²) < 4.78 is 5.80. The van der Waals surface area contributed by atoms with E-state index in [0.717, 1.165) is 19.6 Å². The summed E-state index contributed by atoms with van der Waals surface area (Å²) in [6.07, 6.45) is 31.3. The van der Waals surface area contributed by atoms with Crippen molar-refractivity contribution in [1.29, 1.82) is 0 Å². The van der Waals surface area contributed by atoms with Crippen LogP contribution in [0, 0.1) is 0 Å². The highest BCUT2D eigenvalue weighted by atomic mass is 16.5. The number of hydrogen-bond donors (Lipinski definition) is 1. The van der Waals surface area contributed by atoms with E-state index in [0.29, 0.717) is 6.61 Å². The van der Waals surface area contributed by atoms with Crippen LogP contribution >= 0.6 is 0 Å². The summed E-state index contributed by atoms with van der Waals surface area (Å²) in [5.41, 5.74) is 0. The Kier molecular flexibility index (Phi) is 27.8. The lowest BCUT2D eigenvalue weighted by Gasteiger charge is -2.05. The molecule has 29 heavy (non-hydrogen) atoms. The van der Waals surface area contributed by atoms with Crippen LogP contribution in [-0.4, -0.2) is 24.9 Å². The maximum Gasteiger partial charge on any atom is 0.0466 e. The van der Waals surface area contributed by atoms with Crippen molar-refractivity contribution in [1.82, 2.24) is 0 Å². The average molecular weight is 413 g/mol. The van der Waals surface area contributed by atoms with Crippen LogP contribution in [0.2, 0.25) is 0 Å². The minimum Gasteiger partial charge on any atom is -0.396 e. The fourth-order valence-corrected chi connectivity index (χ4v) is 4.05. The van der Waals surface area contributed by atoms with Crippen LogP contribution in [-0.2, 0) is 4.74 Å². The Balaban J connectivity index is 2.97. The number of ether oxygens (including phenoxy) is 1. The largest absolute Gasteiger partial charge is 0.396 e. The molecule has 0 aliphatic heterocycles. The van der Waals surface area contributed by atoms with Gasteiger partial charge in [0.15, 0.2) is 0 Å². The summed E-state index contributed by atoms with van der Waals surface area (Å²) in [6, 6.07) is 0. The third-order valence-corrected chi connectivity index (χ3v) is 6.09. The summed E-state index contributed by atoms with van der Waals surface area (Å²) in [5.74, 6) is 0. The van der Waals surface area contributed by atoms with Crippen molar-refractivity contribution >= 4 is 0 Å². The molecule has 0 fully saturated rings. The average Bonchev–Trinajstić information content (AvgIpc) is 2.74. The lowest BCUT2D eigenvalue weighted by molar-refractivity contribution is 0.125. The van der Waals surface area contributed by atoms with Crippen molar-refractivity contribution in [2.75, 3.05) is 19.8 Å². The highest BCUT2D eigenvalue weighted by Gasteiger charge is 1.96. The molecule has 0 saturated carbocycles. The van der Waals surface area contributed by atoms with Gasteiger partial charge in [-0.2, -0.15) is 0 Å². The molecule has 0 aromatic heterocycles. The molecule has 0 spiro atoms. The molecule has 2 heteroatoms. The van der Waals surface area contributed by atoms with E-state index in [-0.39, 0.29) is 0 Å². The number of aliphatic hydroxyl groups is 1. The van der Waals surface area contributed by atoms with Crippen LogP contribution in [0.15, 0.2) is 0 Å². The Morgan fingerprint density at radius 1 is 0.379 bits per heavy atom. The van der Waals surface area contributed by atoms with Gasteiger partial charge in [-0.15, -0.1) is 0 Å². The van der Waals surface area contributed by atoms with E-state index in [1.165, 1.54) is 141 Å². The number of rotatable bonds is 26. The molecule has 0 aliphatic carbocycles. The van der Waals surface area contributed by atoms with Gasteiger partial charge in [0.1, 0.15) is 0 Å². The normalized spacial score (nSPS) is 11.4. The van der Waals surface area contributed by atoms with E-state index in [1.807, 2.05) is 0 Å². The van der Waals surface area contributed by atoms with Crippen LogP contribution in [0.4, 0.5) is 0 Å². The molecular weight excluding hydrogens is 356 g/mol. The Labute approximate surface area is 184 Å². The van der Waals surface area contributed by atoms with Crippen molar-refractivity contribution < 1.29 is 9.84 Å². The molecule has 176 valence electrons. The van der Waals surface area contributed by atoms with E-state index < -0.39 is 0 Å². The smallest absolute Gasteiger partial charge is 0.0466 e. The van der Waals surface area contributed by atoms with E-state index in [2.05, 4.69) is 6.92 Å². The lowest BCUT2D eigenvalue weighted by atomic mass is 10.1. The molecule has 0 atom stereocenters. The van der Waals surface area contributed by atoms with E-state index in [4.69, 9.17) is 9.84 Å². The SMILES string of the molecule is CCCCCCCCCCCCCOCCCCCCCCCCCCCCO.